The fraction of sp³-hybridized carbons (Fsp3) is 0.200. The quantitative estimate of drug-likeness (QED) is 0.550. The Kier molecular flexibility index (Phi) is 4.17. The van der Waals surface area contributed by atoms with Gasteiger partial charge in [0, 0.05) is 22.5 Å². The van der Waals surface area contributed by atoms with Gasteiger partial charge in [0.2, 0.25) is 0 Å². The monoisotopic (exact) mass is 366 g/mol. The number of carbonyl (C=O) groups is 1. The molecule has 2 N–H and O–H groups in total. The van der Waals surface area contributed by atoms with Gasteiger partial charge in [-0.3, -0.25) is 4.79 Å². The first kappa shape index (κ1) is 16.7. The maximum Gasteiger partial charge on any atom is 0.268 e. The van der Waals surface area contributed by atoms with Gasteiger partial charge >= 0.3 is 0 Å². The Bertz CT molecular complexity index is 1110. The molecule has 2 heterocycles. The molecular formula is C20H19ClN4O. The lowest BCUT2D eigenvalue weighted by Gasteiger charge is -2.14. The van der Waals surface area contributed by atoms with E-state index in [2.05, 4.69) is 21.8 Å². The zero-order chi connectivity index (χ0) is 18.3. The van der Waals surface area contributed by atoms with Gasteiger partial charge in [-0.15, -0.1) is 0 Å². The van der Waals surface area contributed by atoms with Gasteiger partial charge in [0.1, 0.15) is 11.5 Å². The standard InChI is InChI=1S/C20H19ClN4O/c1-3-25-18-7-5-4-6-15(18)24-19(25)12(2)22-20(26)17-10-13-8-9-14(21)11-16(13)23-17/h4-12,23H,3H2,1-2H3,(H,22,26). The van der Waals surface area contributed by atoms with Crippen molar-refractivity contribution in [1.82, 2.24) is 19.9 Å². The van der Waals surface area contributed by atoms with Crippen LogP contribution in [0.4, 0.5) is 0 Å². The summed E-state index contributed by atoms with van der Waals surface area (Å²) < 4.78 is 2.13. The molecule has 5 nitrogen and oxygen atoms in total. The molecule has 0 aliphatic rings. The molecule has 0 aliphatic heterocycles. The molecule has 1 amide bonds. The molecule has 0 spiro atoms. The lowest BCUT2D eigenvalue weighted by molar-refractivity contribution is 0.0933. The molecule has 26 heavy (non-hydrogen) atoms. The van der Waals surface area contributed by atoms with E-state index in [1.165, 1.54) is 0 Å². The summed E-state index contributed by atoms with van der Waals surface area (Å²) in [5.74, 6) is 0.681. The second-order valence-corrected chi connectivity index (χ2v) is 6.75. The smallest absolute Gasteiger partial charge is 0.268 e. The third-order valence-corrected chi connectivity index (χ3v) is 4.80. The van der Waals surface area contributed by atoms with E-state index in [1.807, 2.05) is 55.5 Å². The van der Waals surface area contributed by atoms with Crippen molar-refractivity contribution in [2.45, 2.75) is 26.4 Å². The molecule has 0 bridgehead atoms. The Morgan fingerprint density at radius 1 is 1.27 bits per heavy atom. The number of aromatic amines is 1. The number of H-pyrrole nitrogens is 1. The van der Waals surface area contributed by atoms with Gasteiger partial charge in [-0.1, -0.05) is 29.8 Å². The van der Waals surface area contributed by atoms with Crippen molar-refractivity contribution in [3.8, 4) is 0 Å². The van der Waals surface area contributed by atoms with Crippen molar-refractivity contribution in [1.29, 1.82) is 0 Å². The molecule has 2 aromatic heterocycles. The molecule has 0 radical (unpaired) electrons. The van der Waals surface area contributed by atoms with Gasteiger partial charge < -0.3 is 14.9 Å². The second kappa shape index (κ2) is 6.50. The maximum absolute atomic E-state index is 12.7. The molecule has 132 valence electrons. The zero-order valence-electron chi connectivity index (χ0n) is 14.6. The topological polar surface area (TPSA) is 62.7 Å². The summed E-state index contributed by atoms with van der Waals surface area (Å²) in [6.07, 6.45) is 0. The molecule has 0 aliphatic carbocycles. The van der Waals surface area contributed by atoms with Crippen molar-refractivity contribution < 1.29 is 4.79 Å². The number of benzene rings is 2. The van der Waals surface area contributed by atoms with Gasteiger partial charge in [-0.05, 0) is 44.2 Å². The van der Waals surface area contributed by atoms with E-state index < -0.39 is 0 Å². The number of amides is 1. The summed E-state index contributed by atoms with van der Waals surface area (Å²) in [7, 11) is 0. The Labute approximate surface area is 156 Å². The van der Waals surface area contributed by atoms with E-state index in [4.69, 9.17) is 16.6 Å². The van der Waals surface area contributed by atoms with Crippen LogP contribution >= 0.6 is 11.6 Å². The van der Waals surface area contributed by atoms with Crippen LogP contribution in [0.25, 0.3) is 21.9 Å². The van der Waals surface area contributed by atoms with Crippen molar-refractivity contribution in [2.75, 3.05) is 0 Å². The van der Waals surface area contributed by atoms with E-state index in [0.717, 1.165) is 34.3 Å². The lowest BCUT2D eigenvalue weighted by atomic mass is 10.2. The zero-order valence-corrected chi connectivity index (χ0v) is 15.3. The van der Waals surface area contributed by atoms with Crippen LogP contribution in [-0.4, -0.2) is 20.4 Å². The molecule has 6 heteroatoms. The number of fused-ring (bicyclic) bond motifs is 2. The number of hydrogen-bond acceptors (Lipinski definition) is 2. The number of carbonyl (C=O) groups excluding carboxylic acids is 1. The summed E-state index contributed by atoms with van der Waals surface area (Å²) in [6, 6.07) is 15.1. The number of rotatable bonds is 4. The number of aromatic nitrogens is 3. The Hall–Kier alpha value is -2.79. The van der Waals surface area contributed by atoms with Gasteiger partial charge in [0.15, 0.2) is 0 Å². The molecule has 1 atom stereocenters. The van der Waals surface area contributed by atoms with E-state index in [9.17, 15) is 4.79 Å². The molecule has 1 unspecified atom stereocenters. The first-order valence-corrected chi connectivity index (χ1v) is 8.99. The highest BCUT2D eigenvalue weighted by molar-refractivity contribution is 6.31. The van der Waals surface area contributed by atoms with E-state index in [1.54, 1.807) is 0 Å². The summed E-state index contributed by atoms with van der Waals surface area (Å²) in [4.78, 5) is 20.5. The molecular weight excluding hydrogens is 348 g/mol. The maximum atomic E-state index is 12.7. The highest BCUT2D eigenvalue weighted by atomic mass is 35.5. The SMILES string of the molecule is CCn1c(C(C)NC(=O)c2cc3ccc(Cl)cc3[nH]2)nc2ccccc21. The third kappa shape index (κ3) is 2.84. The first-order valence-electron chi connectivity index (χ1n) is 8.61. The fourth-order valence-electron chi connectivity index (χ4n) is 3.32. The Morgan fingerprint density at radius 3 is 2.88 bits per heavy atom. The number of nitrogens with zero attached hydrogens (tertiary/aromatic N) is 2. The van der Waals surface area contributed by atoms with Gasteiger partial charge in [0.05, 0.1) is 17.1 Å². The number of aryl methyl sites for hydroxylation is 1. The highest BCUT2D eigenvalue weighted by Crippen LogP contribution is 2.22. The largest absolute Gasteiger partial charge is 0.350 e. The van der Waals surface area contributed by atoms with Gasteiger partial charge in [-0.2, -0.15) is 0 Å². The first-order chi connectivity index (χ1) is 12.6. The molecule has 0 saturated heterocycles. The van der Waals surface area contributed by atoms with Crippen LogP contribution in [0.1, 0.15) is 36.2 Å². The number of halogens is 1. The molecule has 0 fully saturated rings. The summed E-state index contributed by atoms with van der Waals surface area (Å²) in [5, 5.41) is 4.62. The average molecular weight is 367 g/mol. The number of nitrogens with one attached hydrogen (secondary N) is 2. The minimum absolute atomic E-state index is 0.167. The average Bonchev–Trinajstić information content (AvgIpc) is 3.22. The minimum atomic E-state index is -0.218. The van der Waals surface area contributed by atoms with E-state index in [-0.39, 0.29) is 11.9 Å². The number of imidazole rings is 1. The fourth-order valence-corrected chi connectivity index (χ4v) is 3.49. The molecule has 4 rings (SSSR count). The summed E-state index contributed by atoms with van der Waals surface area (Å²) in [5.41, 5.74) is 3.36. The van der Waals surface area contributed by atoms with Crippen molar-refractivity contribution in [3.63, 3.8) is 0 Å². The number of para-hydroxylation sites is 2. The van der Waals surface area contributed by atoms with Crippen molar-refractivity contribution in [3.05, 3.63) is 65.1 Å². The third-order valence-electron chi connectivity index (χ3n) is 4.56. The molecule has 0 saturated carbocycles. The van der Waals surface area contributed by atoms with Crippen LogP contribution in [0.5, 0.6) is 0 Å². The highest BCUT2D eigenvalue weighted by Gasteiger charge is 2.19. The molecule has 4 aromatic rings. The van der Waals surface area contributed by atoms with Crippen LogP contribution in [0.3, 0.4) is 0 Å². The van der Waals surface area contributed by atoms with Crippen molar-refractivity contribution >= 4 is 39.4 Å². The predicted molar refractivity (Wildman–Crippen MR) is 105 cm³/mol. The summed E-state index contributed by atoms with van der Waals surface area (Å²) in [6.45, 7) is 4.82. The Balaban J connectivity index is 1.62. The lowest BCUT2D eigenvalue weighted by Crippen LogP contribution is -2.28. The van der Waals surface area contributed by atoms with Crippen LogP contribution in [-0.2, 0) is 6.54 Å². The number of hydrogen-bond donors (Lipinski definition) is 2. The van der Waals surface area contributed by atoms with E-state index in [0.29, 0.717) is 10.7 Å². The van der Waals surface area contributed by atoms with Crippen LogP contribution in [0.2, 0.25) is 5.02 Å². The normalized spacial score (nSPS) is 12.6. The second-order valence-electron chi connectivity index (χ2n) is 6.31. The van der Waals surface area contributed by atoms with Crippen LogP contribution < -0.4 is 5.32 Å². The Morgan fingerprint density at radius 2 is 2.08 bits per heavy atom. The van der Waals surface area contributed by atoms with Gasteiger partial charge in [-0.25, -0.2) is 4.98 Å². The predicted octanol–water partition coefficient (Wildman–Crippen LogP) is 4.68. The van der Waals surface area contributed by atoms with Crippen LogP contribution in [0, 0.1) is 0 Å². The van der Waals surface area contributed by atoms with Gasteiger partial charge in [0.25, 0.3) is 5.91 Å². The van der Waals surface area contributed by atoms with Crippen LogP contribution in [0.15, 0.2) is 48.5 Å². The summed E-state index contributed by atoms with van der Waals surface area (Å²) >= 11 is 6.01. The van der Waals surface area contributed by atoms with E-state index >= 15 is 0 Å². The molecule has 2 aromatic carbocycles. The minimum Gasteiger partial charge on any atom is -0.350 e. The van der Waals surface area contributed by atoms with Crippen molar-refractivity contribution in [2.24, 2.45) is 0 Å².